The molecule has 25 heavy (non-hydrogen) atoms. The fourth-order valence-electron chi connectivity index (χ4n) is 2.30. The third-order valence-corrected chi connectivity index (χ3v) is 4.61. The third-order valence-electron chi connectivity index (χ3n) is 3.44. The molecule has 0 saturated carbocycles. The van der Waals surface area contributed by atoms with Crippen LogP contribution in [0.2, 0.25) is 0 Å². The standard InChI is InChI=1S/C19H17Br2NO3/c1-4-25-19-15(20)8-12(9-16(19)21)7-14(11-22)13-5-6-17(23-2)18(10-13)24-3/h5-10H,4H2,1-3H3/b14-7+. The monoisotopic (exact) mass is 465 g/mol. The molecule has 6 heteroatoms. The summed E-state index contributed by atoms with van der Waals surface area (Å²) in [4.78, 5) is 0. The number of nitriles is 1. The number of methoxy groups -OCH3 is 2. The molecule has 0 atom stereocenters. The van der Waals surface area contributed by atoms with E-state index < -0.39 is 0 Å². The molecule has 2 aromatic rings. The molecule has 0 N–H and O–H groups in total. The number of rotatable bonds is 6. The number of benzene rings is 2. The first-order chi connectivity index (χ1) is 12.0. The molecule has 2 aromatic carbocycles. The van der Waals surface area contributed by atoms with E-state index in [-0.39, 0.29) is 0 Å². The summed E-state index contributed by atoms with van der Waals surface area (Å²) in [5.41, 5.74) is 2.14. The fraction of sp³-hybridized carbons (Fsp3) is 0.211. The molecule has 0 aromatic heterocycles. The van der Waals surface area contributed by atoms with E-state index in [0.29, 0.717) is 23.7 Å². The molecule has 130 valence electrons. The second-order valence-electron chi connectivity index (χ2n) is 4.99. The van der Waals surface area contributed by atoms with Crippen LogP contribution in [0, 0.1) is 11.3 Å². The fourth-order valence-corrected chi connectivity index (χ4v) is 3.75. The molecule has 0 spiro atoms. The summed E-state index contributed by atoms with van der Waals surface area (Å²) in [5, 5.41) is 9.57. The highest BCUT2D eigenvalue weighted by atomic mass is 79.9. The smallest absolute Gasteiger partial charge is 0.161 e. The van der Waals surface area contributed by atoms with E-state index in [1.807, 2.05) is 31.2 Å². The highest BCUT2D eigenvalue weighted by Gasteiger charge is 2.11. The minimum absolute atomic E-state index is 0.518. The van der Waals surface area contributed by atoms with Gasteiger partial charge in [0.25, 0.3) is 0 Å². The van der Waals surface area contributed by atoms with Crippen LogP contribution in [-0.2, 0) is 0 Å². The maximum atomic E-state index is 9.57. The summed E-state index contributed by atoms with van der Waals surface area (Å²) in [6.45, 7) is 2.50. The topological polar surface area (TPSA) is 51.5 Å². The van der Waals surface area contributed by atoms with Crippen molar-refractivity contribution >= 4 is 43.5 Å². The van der Waals surface area contributed by atoms with Gasteiger partial charge < -0.3 is 14.2 Å². The normalized spacial score (nSPS) is 11.0. The molecule has 4 nitrogen and oxygen atoms in total. The van der Waals surface area contributed by atoms with E-state index in [9.17, 15) is 5.26 Å². The van der Waals surface area contributed by atoms with Gasteiger partial charge in [0.1, 0.15) is 5.75 Å². The third kappa shape index (κ3) is 4.56. The molecule has 0 radical (unpaired) electrons. The van der Waals surface area contributed by atoms with Gasteiger partial charge in [-0.05, 0) is 86.3 Å². The van der Waals surface area contributed by atoms with Gasteiger partial charge in [-0.3, -0.25) is 0 Å². The summed E-state index contributed by atoms with van der Waals surface area (Å²) in [6, 6.07) is 11.5. The molecule has 0 unspecified atom stereocenters. The Kier molecular flexibility index (Phi) is 6.91. The van der Waals surface area contributed by atoms with Gasteiger partial charge in [-0.2, -0.15) is 5.26 Å². The van der Waals surface area contributed by atoms with Gasteiger partial charge in [0.05, 0.1) is 41.4 Å². The average molecular weight is 467 g/mol. The summed E-state index contributed by atoms with van der Waals surface area (Å²) < 4.78 is 17.8. The van der Waals surface area contributed by atoms with Gasteiger partial charge in [-0.15, -0.1) is 0 Å². The van der Waals surface area contributed by atoms with Crippen LogP contribution in [-0.4, -0.2) is 20.8 Å². The quantitative estimate of drug-likeness (QED) is 0.405. The number of hydrogen-bond donors (Lipinski definition) is 0. The number of nitrogens with zero attached hydrogens (tertiary/aromatic N) is 1. The van der Waals surface area contributed by atoms with Gasteiger partial charge in [0.15, 0.2) is 11.5 Å². The molecule has 0 aliphatic rings. The maximum Gasteiger partial charge on any atom is 0.161 e. The van der Waals surface area contributed by atoms with Crippen LogP contribution < -0.4 is 14.2 Å². The molecule has 0 aliphatic carbocycles. The molecule has 0 heterocycles. The van der Waals surface area contributed by atoms with E-state index in [1.165, 1.54) is 0 Å². The summed E-state index contributed by atoms with van der Waals surface area (Å²) >= 11 is 7.01. The van der Waals surface area contributed by atoms with Crippen LogP contribution in [0.1, 0.15) is 18.1 Å². The van der Waals surface area contributed by atoms with Crippen LogP contribution >= 0.6 is 31.9 Å². The first-order valence-corrected chi connectivity index (χ1v) is 9.08. The van der Waals surface area contributed by atoms with Crippen molar-refractivity contribution in [1.82, 2.24) is 0 Å². The molecule has 2 rings (SSSR count). The zero-order valence-corrected chi connectivity index (χ0v) is 17.3. The van der Waals surface area contributed by atoms with Crippen LogP contribution in [0.25, 0.3) is 11.6 Å². The SMILES string of the molecule is CCOc1c(Br)cc(/C=C(\C#N)c2ccc(OC)c(OC)c2)cc1Br. The van der Waals surface area contributed by atoms with Gasteiger partial charge in [0, 0.05) is 0 Å². The van der Waals surface area contributed by atoms with Crippen molar-refractivity contribution in [1.29, 1.82) is 5.26 Å². The first-order valence-electron chi connectivity index (χ1n) is 7.50. The average Bonchev–Trinajstić information content (AvgIpc) is 2.62. The summed E-state index contributed by atoms with van der Waals surface area (Å²) in [5.74, 6) is 1.94. The van der Waals surface area contributed by atoms with Gasteiger partial charge in [-0.25, -0.2) is 0 Å². The first kappa shape index (κ1) is 19.4. The van der Waals surface area contributed by atoms with Gasteiger partial charge in [-0.1, -0.05) is 0 Å². The van der Waals surface area contributed by atoms with Crippen LogP contribution in [0.5, 0.6) is 17.2 Å². The van der Waals surface area contributed by atoms with Crippen molar-refractivity contribution in [2.75, 3.05) is 20.8 Å². The Morgan fingerprint density at radius 2 is 1.72 bits per heavy atom. The van der Waals surface area contributed by atoms with E-state index in [1.54, 1.807) is 26.4 Å². The summed E-state index contributed by atoms with van der Waals surface area (Å²) in [7, 11) is 3.14. The highest BCUT2D eigenvalue weighted by molar-refractivity contribution is 9.11. The molecular weight excluding hydrogens is 450 g/mol. The molecule has 0 bridgehead atoms. The van der Waals surface area contributed by atoms with Crippen molar-refractivity contribution in [3.05, 3.63) is 50.4 Å². The molecular formula is C19H17Br2NO3. The van der Waals surface area contributed by atoms with Crippen molar-refractivity contribution in [2.45, 2.75) is 6.92 Å². The minimum Gasteiger partial charge on any atom is -0.493 e. The lowest BCUT2D eigenvalue weighted by molar-refractivity contribution is 0.336. The van der Waals surface area contributed by atoms with Crippen LogP contribution in [0.3, 0.4) is 0 Å². The van der Waals surface area contributed by atoms with Crippen LogP contribution in [0.4, 0.5) is 0 Å². The second-order valence-corrected chi connectivity index (χ2v) is 6.69. The molecule has 0 saturated heterocycles. The predicted molar refractivity (Wildman–Crippen MR) is 106 cm³/mol. The zero-order chi connectivity index (χ0) is 18.4. The number of halogens is 2. The number of allylic oxidation sites excluding steroid dienone is 1. The molecule has 0 aliphatic heterocycles. The zero-order valence-electron chi connectivity index (χ0n) is 14.1. The van der Waals surface area contributed by atoms with Gasteiger partial charge >= 0.3 is 0 Å². The lowest BCUT2D eigenvalue weighted by Gasteiger charge is -2.11. The Morgan fingerprint density at radius 1 is 1.08 bits per heavy atom. The van der Waals surface area contributed by atoms with Crippen molar-refractivity contribution in [2.24, 2.45) is 0 Å². The Hall–Kier alpha value is -1.97. The van der Waals surface area contributed by atoms with E-state index >= 15 is 0 Å². The Bertz CT molecular complexity index is 818. The van der Waals surface area contributed by atoms with E-state index in [0.717, 1.165) is 25.8 Å². The molecule has 0 fully saturated rings. The van der Waals surface area contributed by atoms with E-state index in [2.05, 4.69) is 37.9 Å². The highest BCUT2D eigenvalue weighted by Crippen LogP contribution is 2.36. The van der Waals surface area contributed by atoms with Crippen molar-refractivity contribution in [3.63, 3.8) is 0 Å². The minimum atomic E-state index is 0.518. The predicted octanol–water partition coefficient (Wildman–Crippen LogP) is 5.69. The lowest BCUT2D eigenvalue weighted by atomic mass is 10.0. The van der Waals surface area contributed by atoms with Crippen molar-refractivity contribution in [3.8, 4) is 23.3 Å². The Labute approximate surface area is 164 Å². The Balaban J connectivity index is 2.46. The lowest BCUT2D eigenvalue weighted by Crippen LogP contribution is -1.94. The van der Waals surface area contributed by atoms with Gasteiger partial charge in [0.2, 0.25) is 0 Å². The summed E-state index contributed by atoms with van der Waals surface area (Å²) in [6.07, 6.45) is 1.81. The van der Waals surface area contributed by atoms with Crippen molar-refractivity contribution < 1.29 is 14.2 Å². The maximum absolute atomic E-state index is 9.57. The second kappa shape index (κ2) is 8.93. The number of hydrogen-bond acceptors (Lipinski definition) is 4. The van der Waals surface area contributed by atoms with Crippen LogP contribution in [0.15, 0.2) is 39.3 Å². The van der Waals surface area contributed by atoms with E-state index in [4.69, 9.17) is 14.2 Å². The largest absolute Gasteiger partial charge is 0.493 e. The Morgan fingerprint density at radius 3 is 2.24 bits per heavy atom. The molecule has 0 amide bonds. The number of ether oxygens (including phenoxy) is 3.